The smallest absolute Gasteiger partial charge is 0.422 e. The van der Waals surface area contributed by atoms with E-state index in [2.05, 4.69) is 4.74 Å². The van der Waals surface area contributed by atoms with Crippen molar-refractivity contribution < 1.29 is 41.0 Å². The summed E-state index contributed by atoms with van der Waals surface area (Å²) in [5.74, 6) is -2.35. The third-order valence-corrected chi connectivity index (χ3v) is 2.12. The predicted molar refractivity (Wildman–Crippen MR) is 59.7 cm³/mol. The maximum Gasteiger partial charge on any atom is 0.422 e. The zero-order valence-electron chi connectivity index (χ0n) is 10.1. The first-order chi connectivity index (χ1) is 9.49. The fraction of sp³-hybridized carbons (Fsp3) is 0.250. The molecule has 0 fully saturated rings. The van der Waals surface area contributed by atoms with Crippen LogP contribution in [-0.2, 0) is 11.0 Å². The van der Waals surface area contributed by atoms with Gasteiger partial charge in [0.2, 0.25) is 0 Å². The molecule has 1 aromatic rings. The van der Waals surface area contributed by atoms with Crippen LogP contribution in [0.2, 0.25) is 0 Å². The summed E-state index contributed by atoms with van der Waals surface area (Å²) >= 11 is 0. The maximum absolute atomic E-state index is 12.7. The Kier molecular flexibility index (Phi) is 4.87. The molecule has 0 aliphatic carbocycles. The van der Waals surface area contributed by atoms with E-state index in [9.17, 15) is 31.1 Å². The predicted octanol–water partition coefficient (Wildman–Crippen LogP) is 3.74. The molecule has 1 rings (SSSR count). The number of carboxylic acid groups (broad SMARTS) is 1. The van der Waals surface area contributed by atoms with E-state index < -0.39 is 36.2 Å². The number of carboxylic acids is 1. The Balaban J connectivity index is 3.11. The molecular weight excluding hydrogens is 306 g/mol. The molecule has 9 heteroatoms. The molecule has 3 nitrogen and oxygen atoms in total. The summed E-state index contributed by atoms with van der Waals surface area (Å²) in [5.41, 5.74) is -1.55. The minimum absolute atomic E-state index is 0.135. The first kappa shape index (κ1) is 16.9. The summed E-state index contributed by atoms with van der Waals surface area (Å²) in [6.45, 7) is -1.86. The lowest BCUT2D eigenvalue weighted by Gasteiger charge is -2.15. The zero-order valence-corrected chi connectivity index (χ0v) is 10.1. The maximum atomic E-state index is 12.7. The highest BCUT2D eigenvalue weighted by Crippen LogP contribution is 2.37. The van der Waals surface area contributed by atoms with Crippen LogP contribution in [0.1, 0.15) is 11.1 Å². The number of hydrogen-bond acceptors (Lipinski definition) is 2. The van der Waals surface area contributed by atoms with Gasteiger partial charge in [-0.25, -0.2) is 4.79 Å². The van der Waals surface area contributed by atoms with Crippen LogP contribution in [0.4, 0.5) is 26.3 Å². The second-order valence-corrected chi connectivity index (χ2v) is 3.83. The molecule has 1 aromatic carbocycles. The zero-order chi connectivity index (χ0) is 16.3. The molecule has 0 aliphatic heterocycles. The van der Waals surface area contributed by atoms with E-state index in [0.717, 1.165) is 12.1 Å². The van der Waals surface area contributed by atoms with Gasteiger partial charge in [-0.3, -0.25) is 0 Å². The van der Waals surface area contributed by atoms with Crippen LogP contribution in [-0.4, -0.2) is 23.9 Å². The minimum Gasteiger partial charge on any atom is -0.483 e. The van der Waals surface area contributed by atoms with Crippen LogP contribution in [0.25, 0.3) is 6.08 Å². The van der Waals surface area contributed by atoms with Gasteiger partial charge in [-0.2, -0.15) is 26.3 Å². The Hall–Kier alpha value is -2.19. The van der Waals surface area contributed by atoms with E-state index in [1.165, 1.54) is 0 Å². The molecular formula is C12H8F6O3. The van der Waals surface area contributed by atoms with Gasteiger partial charge in [0.1, 0.15) is 5.75 Å². The molecule has 1 N–H and O–H groups in total. The first-order valence-corrected chi connectivity index (χ1v) is 5.31. The fourth-order valence-electron chi connectivity index (χ4n) is 1.33. The molecule has 0 atom stereocenters. The largest absolute Gasteiger partial charge is 0.483 e. The Labute approximate surface area is 114 Å². The summed E-state index contributed by atoms with van der Waals surface area (Å²) < 4.78 is 78.3. The lowest BCUT2D eigenvalue weighted by Crippen LogP contribution is -2.20. The van der Waals surface area contributed by atoms with E-state index >= 15 is 0 Å². The van der Waals surface area contributed by atoms with Crippen LogP contribution in [0, 0.1) is 0 Å². The fourth-order valence-corrected chi connectivity index (χ4v) is 1.33. The number of hydrogen-bond donors (Lipinski definition) is 1. The number of halogens is 6. The van der Waals surface area contributed by atoms with Crippen molar-refractivity contribution in [2.75, 3.05) is 6.61 Å². The summed E-state index contributed by atoms with van der Waals surface area (Å²) in [6, 6.07) is 2.22. The van der Waals surface area contributed by atoms with Crippen molar-refractivity contribution in [3.05, 3.63) is 35.4 Å². The third-order valence-electron chi connectivity index (χ3n) is 2.12. The molecule has 0 bridgehead atoms. The number of alkyl halides is 6. The summed E-state index contributed by atoms with van der Waals surface area (Å²) in [7, 11) is 0. The van der Waals surface area contributed by atoms with Gasteiger partial charge in [0, 0.05) is 6.08 Å². The van der Waals surface area contributed by atoms with Crippen LogP contribution < -0.4 is 4.74 Å². The average Bonchev–Trinajstić information content (AvgIpc) is 2.32. The minimum atomic E-state index is -4.94. The highest BCUT2D eigenvalue weighted by Gasteiger charge is 2.36. The van der Waals surface area contributed by atoms with Gasteiger partial charge < -0.3 is 9.84 Å². The highest BCUT2D eigenvalue weighted by molar-refractivity contribution is 5.85. The molecule has 21 heavy (non-hydrogen) atoms. The summed E-state index contributed by atoms with van der Waals surface area (Å²) in [5, 5.41) is 8.37. The van der Waals surface area contributed by atoms with Gasteiger partial charge in [0.15, 0.2) is 6.61 Å². The monoisotopic (exact) mass is 314 g/mol. The number of rotatable bonds is 4. The number of ether oxygens (including phenoxy) is 1. The second kappa shape index (κ2) is 6.06. The van der Waals surface area contributed by atoms with Crippen LogP contribution in [0.5, 0.6) is 5.75 Å². The van der Waals surface area contributed by atoms with E-state index in [-0.39, 0.29) is 5.56 Å². The van der Waals surface area contributed by atoms with Gasteiger partial charge >= 0.3 is 18.3 Å². The first-order valence-electron chi connectivity index (χ1n) is 5.31. The van der Waals surface area contributed by atoms with E-state index in [0.29, 0.717) is 18.2 Å². The van der Waals surface area contributed by atoms with E-state index in [1.54, 1.807) is 0 Å². The van der Waals surface area contributed by atoms with Crippen molar-refractivity contribution in [2.24, 2.45) is 0 Å². The average molecular weight is 314 g/mol. The SMILES string of the molecule is O=C(O)/C=C/c1ccc(OCC(F)(F)F)c(C(F)(F)F)c1. The molecule has 0 saturated carbocycles. The van der Waals surface area contributed by atoms with Gasteiger partial charge in [0.05, 0.1) is 5.56 Å². The molecule has 0 unspecified atom stereocenters. The third kappa shape index (κ3) is 5.76. The van der Waals surface area contributed by atoms with Crippen molar-refractivity contribution in [3.63, 3.8) is 0 Å². The number of benzene rings is 1. The quantitative estimate of drug-likeness (QED) is 0.680. The van der Waals surface area contributed by atoms with E-state index in [1.807, 2.05) is 0 Å². The van der Waals surface area contributed by atoms with Crippen molar-refractivity contribution >= 4 is 12.0 Å². The van der Waals surface area contributed by atoms with Gasteiger partial charge in [-0.15, -0.1) is 0 Å². The van der Waals surface area contributed by atoms with Crippen LogP contribution in [0.3, 0.4) is 0 Å². The number of carbonyl (C=O) groups is 1. The van der Waals surface area contributed by atoms with Crippen LogP contribution in [0.15, 0.2) is 24.3 Å². The Morgan fingerprint density at radius 2 is 1.81 bits per heavy atom. The van der Waals surface area contributed by atoms with E-state index in [4.69, 9.17) is 5.11 Å². The molecule has 0 aromatic heterocycles. The molecule has 0 amide bonds. The lowest BCUT2D eigenvalue weighted by atomic mass is 10.1. The standard InChI is InChI=1S/C12H8F6O3/c13-11(14,15)6-21-9-3-1-7(2-4-10(19)20)5-8(9)12(16,17)18/h1-5H,6H2,(H,19,20)/b4-2+. The molecule has 0 saturated heterocycles. The second-order valence-electron chi connectivity index (χ2n) is 3.83. The van der Waals surface area contributed by atoms with Crippen molar-refractivity contribution in [1.82, 2.24) is 0 Å². The normalized spacial score (nSPS) is 12.7. The van der Waals surface area contributed by atoms with Crippen LogP contribution >= 0.6 is 0 Å². The van der Waals surface area contributed by atoms with Gasteiger partial charge in [0.25, 0.3) is 0 Å². The topological polar surface area (TPSA) is 46.5 Å². The Bertz CT molecular complexity index is 545. The molecule has 0 radical (unpaired) electrons. The van der Waals surface area contributed by atoms with Crippen molar-refractivity contribution in [1.29, 1.82) is 0 Å². The Morgan fingerprint density at radius 3 is 2.29 bits per heavy atom. The summed E-state index contributed by atoms with van der Waals surface area (Å²) in [6.07, 6.45) is -8.23. The molecule has 116 valence electrons. The van der Waals surface area contributed by atoms with Gasteiger partial charge in [-0.05, 0) is 23.8 Å². The van der Waals surface area contributed by atoms with Crippen molar-refractivity contribution in [3.8, 4) is 5.75 Å². The highest BCUT2D eigenvalue weighted by atomic mass is 19.4. The summed E-state index contributed by atoms with van der Waals surface area (Å²) in [4.78, 5) is 10.3. The molecule has 0 heterocycles. The van der Waals surface area contributed by atoms with Crippen molar-refractivity contribution in [2.45, 2.75) is 12.4 Å². The van der Waals surface area contributed by atoms with Gasteiger partial charge in [-0.1, -0.05) is 6.07 Å². The Morgan fingerprint density at radius 1 is 1.19 bits per heavy atom. The lowest BCUT2D eigenvalue weighted by molar-refractivity contribution is -0.158. The molecule has 0 aliphatic rings. The molecule has 0 spiro atoms. The number of aliphatic carboxylic acids is 1.